The summed E-state index contributed by atoms with van der Waals surface area (Å²) in [5.41, 5.74) is -1.07. The van der Waals surface area contributed by atoms with Crippen LogP contribution in [-0.4, -0.2) is 66.2 Å². The first-order valence-electron chi connectivity index (χ1n) is 11.8. The lowest BCUT2D eigenvalue weighted by atomic mass is 9.99. The summed E-state index contributed by atoms with van der Waals surface area (Å²) in [5.74, 6) is -1.08. The van der Waals surface area contributed by atoms with Crippen LogP contribution in [0.3, 0.4) is 0 Å². The van der Waals surface area contributed by atoms with Crippen LogP contribution < -0.4 is 0 Å². The summed E-state index contributed by atoms with van der Waals surface area (Å²) in [6.07, 6.45) is 0.744. The quantitative estimate of drug-likeness (QED) is 0.265. The van der Waals surface area contributed by atoms with E-state index in [1.54, 1.807) is 0 Å². The lowest BCUT2D eigenvalue weighted by molar-refractivity contribution is -0.387. The van der Waals surface area contributed by atoms with Gasteiger partial charge in [-0.1, -0.05) is 54.6 Å². The van der Waals surface area contributed by atoms with Gasteiger partial charge in [-0.15, -0.1) is 0 Å². The first kappa shape index (κ1) is 24.8. The molecule has 37 heavy (non-hydrogen) atoms. The SMILES string of the molecule is COC(=O)[C@H](Cc1ccc2ccccc2c1)N1CCN(S(=O)(=O)c2ccccc2[N+](=O)[O-])C2(CC2)C1=O. The molecule has 192 valence electrons. The summed E-state index contributed by atoms with van der Waals surface area (Å²) in [5, 5.41) is 13.5. The molecule has 1 spiro atoms. The second-order valence-electron chi connectivity index (χ2n) is 9.26. The number of methoxy groups -OCH3 is 1. The molecule has 3 aromatic carbocycles. The van der Waals surface area contributed by atoms with E-state index in [-0.39, 0.29) is 32.4 Å². The van der Waals surface area contributed by atoms with E-state index in [0.717, 1.165) is 26.7 Å². The first-order valence-corrected chi connectivity index (χ1v) is 13.3. The Kier molecular flexibility index (Phi) is 6.20. The molecule has 0 N–H and O–H groups in total. The number of carbonyl (C=O) groups excluding carboxylic acids is 2. The lowest BCUT2D eigenvalue weighted by Gasteiger charge is -2.42. The van der Waals surface area contributed by atoms with Crippen LogP contribution in [0.15, 0.2) is 71.6 Å². The molecule has 5 rings (SSSR count). The number of esters is 1. The van der Waals surface area contributed by atoms with Crippen LogP contribution in [0.2, 0.25) is 0 Å². The van der Waals surface area contributed by atoms with Gasteiger partial charge in [0.25, 0.3) is 15.7 Å². The number of nitrogens with zero attached hydrogens (tertiary/aromatic N) is 3. The zero-order valence-electron chi connectivity index (χ0n) is 20.1. The molecular formula is C26H25N3O7S. The van der Waals surface area contributed by atoms with Crippen molar-refractivity contribution in [1.82, 2.24) is 9.21 Å². The van der Waals surface area contributed by atoms with Gasteiger partial charge in [-0.05, 0) is 35.2 Å². The Labute approximate surface area is 213 Å². The summed E-state index contributed by atoms with van der Waals surface area (Å²) in [6.45, 7) is -0.140. The number of amides is 1. The number of hydrogen-bond acceptors (Lipinski definition) is 7. The predicted octanol–water partition coefficient (Wildman–Crippen LogP) is 2.90. The highest BCUT2D eigenvalue weighted by molar-refractivity contribution is 7.89. The highest BCUT2D eigenvalue weighted by atomic mass is 32.2. The number of ether oxygens (including phenoxy) is 1. The Bertz CT molecular complexity index is 1520. The number of piperazine rings is 1. The highest BCUT2D eigenvalue weighted by Gasteiger charge is 2.63. The van der Waals surface area contributed by atoms with Gasteiger partial charge in [-0.2, -0.15) is 4.31 Å². The number of benzene rings is 3. The number of nitro groups is 1. The third-order valence-corrected chi connectivity index (χ3v) is 9.14. The van der Waals surface area contributed by atoms with E-state index in [0.29, 0.717) is 0 Å². The molecule has 3 aromatic rings. The Morgan fingerprint density at radius 1 is 1.05 bits per heavy atom. The van der Waals surface area contributed by atoms with Crippen molar-refractivity contribution in [3.8, 4) is 0 Å². The van der Waals surface area contributed by atoms with Crippen LogP contribution in [0.5, 0.6) is 0 Å². The number of para-hydroxylation sites is 1. The smallest absolute Gasteiger partial charge is 0.328 e. The molecule has 11 heteroatoms. The minimum Gasteiger partial charge on any atom is -0.467 e. The normalized spacial score (nSPS) is 18.1. The summed E-state index contributed by atoms with van der Waals surface area (Å²) in [4.78, 5) is 38.3. The van der Waals surface area contributed by atoms with Crippen molar-refractivity contribution in [2.24, 2.45) is 0 Å². The topological polar surface area (TPSA) is 127 Å². The second kappa shape index (κ2) is 9.24. The van der Waals surface area contributed by atoms with Gasteiger partial charge in [0.05, 0.1) is 12.0 Å². The number of carbonyl (C=O) groups is 2. The molecule has 2 fully saturated rings. The monoisotopic (exact) mass is 523 g/mol. The van der Waals surface area contributed by atoms with Crippen molar-refractivity contribution < 1.29 is 27.7 Å². The fourth-order valence-electron chi connectivity index (χ4n) is 5.11. The average molecular weight is 524 g/mol. The maximum absolute atomic E-state index is 13.8. The molecule has 0 bridgehead atoms. The van der Waals surface area contributed by atoms with Gasteiger partial charge in [0.15, 0.2) is 4.90 Å². The molecule has 0 unspecified atom stereocenters. The van der Waals surface area contributed by atoms with Crippen molar-refractivity contribution in [2.75, 3.05) is 20.2 Å². The van der Waals surface area contributed by atoms with Crippen molar-refractivity contribution in [3.05, 3.63) is 82.4 Å². The molecule has 1 amide bonds. The molecule has 0 radical (unpaired) electrons. The number of fused-ring (bicyclic) bond motifs is 1. The van der Waals surface area contributed by atoms with Crippen LogP contribution in [0, 0.1) is 10.1 Å². The minimum atomic E-state index is -4.35. The molecule has 1 heterocycles. The van der Waals surface area contributed by atoms with Crippen LogP contribution in [-0.2, 0) is 30.8 Å². The number of hydrogen-bond donors (Lipinski definition) is 0. The van der Waals surface area contributed by atoms with E-state index in [9.17, 15) is 28.1 Å². The summed E-state index contributed by atoms with van der Waals surface area (Å²) >= 11 is 0. The zero-order valence-corrected chi connectivity index (χ0v) is 20.9. The number of sulfonamides is 1. The average Bonchev–Trinajstić information content (AvgIpc) is 3.69. The fourth-order valence-corrected chi connectivity index (χ4v) is 7.05. The van der Waals surface area contributed by atoms with Gasteiger partial charge in [-0.3, -0.25) is 14.9 Å². The zero-order chi connectivity index (χ0) is 26.4. The molecule has 10 nitrogen and oxygen atoms in total. The summed E-state index contributed by atoms with van der Waals surface area (Å²) in [6, 6.07) is 17.8. The minimum absolute atomic E-state index is 0.0478. The Balaban J connectivity index is 1.46. The Morgan fingerprint density at radius 2 is 1.73 bits per heavy atom. The summed E-state index contributed by atoms with van der Waals surface area (Å²) < 4.78 is 33.2. The fraction of sp³-hybridized carbons (Fsp3) is 0.308. The standard InChI is InChI=1S/C26H25N3O7S/c1-36-24(30)22(17-18-10-11-19-6-2-3-7-20(19)16-18)27-14-15-28(26(12-13-26)25(27)31)37(34,35)23-9-5-4-8-21(23)29(32)33/h2-11,16,22H,12-15,17H2,1H3/t22-/m0/s1. The van der Waals surface area contributed by atoms with E-state index >= 15 is 0 Å². The maximum atomic E-state index is 13.8. The van der Waals surface area contributed by atoms with E-state index in [1.807, 2.05) is 42.5 Å². The Morgan fingerprint density at radius 3 is 2.41 bits per heavy atom. The summed E-state index contributed by atoms with van der Waals surface area (Å²) in [7, 11) is -3.09. The number of rotatable bonds is 7. The van der Waals surface area contributed by atoms with Gasteiger partial charge in [-0.25, -0.2) is 13.2 Å². The van der Waals surface area contributed by atoms with E-state index < -0.39 is 49.0 Å². The van der Waals surface area contributed by atoms with Crippen molar-refractivity contribution in [1.29, 1.82) is 0 Å². The second-order valence-corrected chi connectivity index (χ2v) is 11.1. The van der Waals surface area contributed by atoms with E-state index in [4.69, 9.17) is 4.74 Å². The van der Waals surface area contributed by atoms with Crippen molar-refractivity contribution >= 4 is 38.4 Å². The van der Waals surface area contributed by atoms with Gasteiger partial charge in [0, 0.05) is 25.6 Å². The van der Waals surface area contributed by atoms with E-state index in [1.165, 1.54) is 30.2 Å². The van der Waals surface area contributed by atoms with Gasteiger partial charge in [0.2, 0.25) is 5.91 Å². The van der Waals surface area contributed by atoms with Gasteiger partial charge < -0.3 is 9.64 Å². The molecule has 1 atom stereocenters. The van der Waals surface area contributed by atoms with Gasteiger partial charge in [0.1, 0.15) is 11.6 Å². The molecule has 1 saturated carbocycles. The third kappa shape index (κ3) is 4.23. The molecular weight excluding hydrogens is 498 g/mol. The number of nitro benzene ring substituents is 1. The van der Waals surface area contributed by atoms with Gasteiger partial charge >= 0.3 is 5.97 Å². The Hall–Kier alpha value is -3.83. The lowest BCUT2D eigenvalue weighted by Crippen LogP contribution is -2.64. The van der Waals surface area contributed by atoms with Crippen molar-refractivity contribution in [3.63, 3.8) is 0 Å². The molecule has 2 aliphatic rings. The van der Waals surface area contributed by atoms with Crippen LogP contribution in [0.4, 0.5) is 5.69 Å². The van der Waals surface area contributed by atoms with Crippen LogP contribution in [0.25, 0.3) is 10.8 Å². The van der Waals surface area contributed by atoms with Crippen LogP contribution in [0.1, 0.15) is 18.4 Å². The maximum Gasteiger partial charge on any atom is 0.328 e. The first-order chi connectivity index (χ1) is 17.7. The molecule has 1 saturated heterocycles. The molecule has 1 aliphatic carbocycles. The molecule has 0 aromatic heterocycles. The largest absolute Gasteiger partial charge is 0.467 e. The van der Waals surface area contributed by atoms with Crippen molar-refractivity contribution in [2.45, 2.75) is 35.7 Å². The van der Waals surface area contributed by atoms with E-state index in [2.05, 4.69) is 0 Å². The predicted molar refractivity (Wildman–Crippen MR) is 134 cm³/mol. The third-order valence-electron chi connectivity index (χ3n) is 7.13. The molecule has 1 aliphatic heterocycles. The highest BCUT2D eigenvalue weighted by Crippen LogP contribution is 2.49. The van der Waals surface area contributed by atoms with Crippen LogP contribution >= 0.6 is 0 Å².